The molecule has 0 spiro atoms. The zero-order valence-corrected chi connectivity index (χ0v) is 20.4. The summed E-state index contributed by atoms with van der Waals surface area (Å²) in [5, 5.41) is 10.3. The molecule has 1 aliphatic rings. The molecule has 1 atom stereocenters. The van der Waals surface area contributed by atoms with Gasteiger partial charge in [-0.25, -0.2) is 25.2 Å². The summed E-state index contributed by atoms with van der Waals surface area (Å²) in [4.78, 5) is 37.0. The SMILES string of the molecule is CC(C)(C)OC(=O)c1ccc([C@H](C(=O)O)N(N)C(=O)OCc2cccc3c2Cc2ccccc2-3)cc1. The quantitative estimate of drug-likeness (QED) is 0.172. The number of hydrogen-bond donors (Lipinski definition) is 2. The molecule has 4 rings (SSSR count). The van der Waals surface area contributed by atoms with Crippen LogP contribution >= 0.6 is 0 Å². The van der Waals surface area contributed by atoms with E-state index < -0.39 is 29.7 Å². The first kappa shape index (κ1) is 24.9. The van der Waals surface area contributed by atoms with Crippen molar-refractivity contribution in [1.29, 1.82) is 0 Å². The molecule has 3 aromatic rings. The normalized spacial score (nSPS) is 12.8. The number of carboxylic acid groups (broad SMARTS) is 1. The Labute approximate surface area is 209 Å². The number of aliphatic carboxylic acids is 1. The maximum atomic E-state index is 12.7. The fourth-order valence-electron chi connectivity index (χ4n) is 4.24. The Bertz CT molecular complexity index is 1310. The average Bonchev–Trinajstić information content (AvgIpc) is 3.21. The third kappa shape index (κ3) is 5.23. The lowest BCUT2D eigenvalue weighted by atomic mass is 10.0. The molecule has 0 aliphatic heterocycles. The van der Waals surface area contributed by atoms with Crippen LogP contribution in [0.25, 0.3) is 11.1 Å². The molecule has 8 nitrogen and oxygen atoms in total. The van der Waals surface area contributed by atoms with Crippen LogP contribution in [0.15, 0.2) is 66.7 Å². The second kappa shape index (κ2) is 9.83. The van der Waals surface area contributed by atoms with Gasteiger partial charge in [-0.05, 0) is 72.7 Å². The highest BCUT2D eigenvalue weighted by Gasteiger charge is 2.31. The number of rotatable bonds is 6. The fraction of sp³-hybridized carbons (Fsp3) is 0.250. The molecule has 0 aromatic heterocycles. The zero-order chi connectivity index (χ0) is 26.0. The minimum absolute atomic E-state index is 0.0480. The first-order valence-electron chi connectivity index (χ1n) is 11.5. The molecule has 8 heteroatoms. The number of hydrogen-bond acceptors (Lipinski definition) is 6. The monoisotopic (exact) mass is 488 g/mol. The molecule has 0 unspecified atom stereocenters. The summed E-state index contributed by atoms with van der Waals surface area (Å²) in [6, 6.07) is 18.1. The van der Waals surface area contributed by atoms with Crippen molar-refractivity contribution in [3.63, 3.8) is 0 Å². The summed E-state index contributed by atoms with van der Waals surface area (Å²) in [6.45, 7) is 5.20. The zero-order valence-electron chi connectivity index (χ0n) is 20.4. The second-order valence-electron chi connectivity index (χ2n) is 9.60. The summed E-state index contributed by atoms with van der Waals surface area (Å²) in [5.41, 5.74) is 5.15. The van der Waals surface area contributed by atoms with E-state index in [0.29, 0.717) is 5.01 Å². The van der Waals surface area contributed by atoms with E-state index in [1.165, 1.54) is 29.8 Å². The van der Waals surface area contributed by atoms with Gasteiger partial charge in [0.15, 0.2) is 6.04 Å². The number of fused-ring (bicyclic) bond motifs is 3. The van der Waals surface area contributed by atoms with E-state index in [1.807, 2.05) is 30.3 Å². The highest BCUT2D eigenvalue weighted by Crippen LogP contribution is 2.38. The van der Waals surface area contributed by atoms with E-state index >= 15 is 0 Å². The van der Waals surface area contributed by atoms with Crippen LogP contribution in [0, 0.1) is 0 Å². The van der Waals surface area contributed by atoms with Crippen molar-refractivity contribution in [2.45, 2.75) is 45.4 Å². The lowest BCUT2D eigenvalue weighted by Crippen LogP contribution is -2.44. The van der Waals surface area contributed by atoms with Crippen molar-refractivity contribution in [1.82, 2.24) is 5.01 Å². The van der Waals surface area contributed by atoms with Crippen LogP contribution < -0.4 is 5.84 Å². The van der Waals surface area contributed by atoms with Gasteiger partial charge in [-0.2, -0.15) is 0 Å². The second-order valence-corrected chi connectivity index (χ2v) is 9.60. The van der Waals surface area contributed by atoms with E-state index in [-0.39, 0.29) is 17.7 Å². The van der Waals surface area contributed by atoms with Gasteiger partial charge in [0.2, 0.25) is 0 Å². The summed E-state index contributed by atoms with van der Waals surface area (Å²) in [6.07, 6.45) is -0.250. The maximum absolute atomic E-state index is 12.7. The van der Waals surface area contributed by atoms with E-state index in [2.05, 4.69) is 12.1 Å². The van der Waals surface area contributed by atoms with E-state index in [4.69, 9.17) is 15.3 Å². The molecule has 1 amide bonds. The van der Waals surface area contributed by atoms with Crippen LogP contribution in [0.1, 0.15) is 59.4 Å². The molecule has 1 aliphatic carbocycles. The van der Waals surface area contributed by atoms with E-state index in [9.17, 15) is 19.5 Å². The Kier molecular flexibility index (Phi) is 6.81. The number of carbonyl (C=O) groups is 3. The van der Waals surface area contributed by atoms with E-state index in [0.717, 1.165) is 28.7 Å². The van der Waals surface area contributed by atoms with Crippen LogP contribution in [-0.4, -0.2) is 33.7 Å². The molecule has 0 fully saturated rings. The summed E-state index contributed by atoms with van der Waals surface area (Å²) in [5.74, 6) is 4.03. The van der Waals surface area contributed by atoms with Crippen molar-refractivity contribution >= 4 is 18.0 Å². The number of esters is 1. The van der Waals surface area contributed by atoms with Gasteiger partial charge in [-0.1, -0.05) is 54.6 Å². The summed E-state index contributed by atoms with van der Waals surface area (Å²) < 4.78 is 10.7. The van der Waals surface area contributed by atoms with Gasteiger partial charge in [0, 0.05) is 0 Å². The maximum Gasteiger partial charge on any atom is 0.425 e. The Morgan fingerprint density at radius 2 is 1.64 bits per heavy atom. The number of carboxylic acids is 1. The standard InChI is InChI=1S/C28H28N2O6/c1-28(2,3)36-26(33)18-13-11-17(12-14-18)24(25(31)32)30(29)27(34)35-16-20-8-6-10-22-21-9-5-4-7-19(21)15-23(20)22/h4-14,24H,15-16,29H2,1-3H3,(H,31,32)/t24-/m1/s1. The molecule has 0 bridgehead atoms. The molecule has 0 heterocycles. The highest BCUT2D eigenvalue weighted by atomic mass is 16.6. The summed E-state index contributed by atoms with van der Waals surface area (Å²) in [7, 11) is 0. The fourth-order valence-corrected chi connectivity index (χ4v) is 4.24. The molecular formula is C28H28N2O6. The van der Waals surface area contributed by atoms with Crippen LogP contribution in [0.4, 0.5) is 4.79 Å². The minimum atomic E-state index is -1.50. The summed E-state index contributed by atoms with van der Waals surface area (Å²) >= 11 is 0. The molecular weight excluding hydrogens is 460 g/mol. The predicted molar refractivity (Wildman–Crippen MR) is 133 cm³/mol. The highest BCUT2D eigenvalue weighted by molar-refractivity contribution is 5.90. The van der Waals surface area contributed by atoms with Crippen molar-refractivity contribution in [2.75, 3.05) is 0 Å². The molecule has 0 radical (unpaired) electrons. The van der Waals surface area contributed by atoms with Crippen molar-refractivity contribution in [3.05, 3.63) is 94.5 Å². The Hall–Kier alpha value is -4.17. The topological polar surface area (TPSA) is 119 Å². The number of nitrogens with zero attached hydrogens (tertiary/aromatic N) is 1. The number of amides is 1. The lowest BCUT2D eigenvalue weighted by Gasteiger charge is -2.24. The first-order valence-corrected chi connectivity index (χ1v) is 11.5. The van der Waals surface area contributed by atoms with E-state index in [1.54, 1.807) is 20.8 Å². The minimum Gasteiger partial charge on any atom is -0.479 e. The molecule has 36 heavy (non-hydrogen) atoms. The Morgan fingerprint density at radius 1 is 0.972 bits per heavy atom. The van der Waals surface area contributed by atoms with Gasteiger partial charge in [0.25, 0.3) is 0 Å². The van der Waals surface area contributed by atoms with Gasteiger partial charge in [0.05, 0.1) is 5.56 Å². The largest absolute Gasteiger partial charge is 0.479 e. The smallest absolute Gasteiger partial charge is 0.425 e. The van der Waals surface area contributed by atoms with Crippen LogP contribution in [-0.2, 0) is 27.3 Å². The van der Waals surface area contributed by atoms with Crippen LogP contribution in [0.3, 0.4) is 0 Å². The molecule has 3 aromatic carbocycles. The van der Waals surface area contributed by atoms with Gasteiger partial charge < -0.3 is 14.6 Å². The lowest BCUT2D eigenvalue weighted by molar-refractivity contribution is -0.143. The average molecular weight is 489 g/mol. The van der Waals surface area contributed by atoms with Gasteiger partial charge in [-0.15, -0.1) is 0 Å². The van der Waals surface area contributed by atoms with Gasteiger partial charge >= 0.3 is 18.0 Å². The van der Waals surface area contributed by atoms with Crippen LogP contribution in [0.5, 0.6) is 0 Å². The molecule has 186 valence electrons. The van der Waals surface area contributed by atoms with Gasteiger partial charge in [-0.3, -0.25) is 0 Å². The predicted octanol–water partition coefficient (Wildman–Crippen LogP) is 4.85. The molecule has 3 N–H and O–H groups in total. The first-order chi connectivity index (χ1) is 17.0. The Morgan fingerprint density at radius 3 is 2.31 bits per heavy atom. The molecule has 0 saturated heterocycles. The van der Waals surface area contributed by atoms with Crippen molar-refractivity contribution in [2.24, 2.45) is 5.84 Å². The molecule has 0 saturated carbocycles. The number of hydrazine groups is 1. The number of carbonyl (C=O) groups excluding carboxylic acids is 2. The third-order valence-electron chi connectivity index (χ3n) is 5.88. The van der Waals surface area contributed by atoms with Crippen molar-refractivity contribution < 1.29 is 29.0 Å². The third-order valence-corrected chi connectivity index (χ3v) is 5.88. The Balaban J connectivity index is 1.46. The number of nitrogens with two attached hydrogens (primary N) is 1. The number of benzene rings is 3. The van der Waals surface area contributed by atoms with Gasteiger partial charge in [0.1, 0.15) is 12.2 Å². The van der Waals surface area contributed by atoms with Crippen molar-refractivity contribution in [3.8, 4) is 11.1 Å². The number of ether oxygens (including phenoxy) is 2. The van der Waals surface area contributed by atoms with Crippen LogP contribution in [0.2, 0.25) is 0 Å².